The van der Waals surface area contributed by atoms with E-state index < -0.39 is 10.0 Å². The molecule has 2 N–H and O–H groups in total. The summed E-state index contributed by atoms with van der Waals surface area (Å²) in [6.07, 6.45) is 0.722. The first kappa shape index (κ1) is 17.2. The average molecular weight is 360 g/mol. The summed E-state index contributed by atoms with van der Waals surface area (Å²) in [6, 6.07) is 7.33. The Morgan fingerprint density at radius 1 is 1.16 bits per heavy atom. The zero-order chi connectivity index (χ0) is 18.2. The predicted molar refractivity (Wildman–Crippen MR) is 94.9 cm³/mol. The van der Waals surface area contributed by atoms with Gasteiger partial charge in [0.2, 0.25) is 0 Å². The van der Waals surface area contributed by atoms with E-state index in [1.165, 1.54) is 0 Å². The Morgan fingerprint density at radius 3 is 2.52 bits per heavy atom. The molecule has 0 aliphatic heterocycles. The summed E-state index contributed by atoms with van der Waals surface area (Å²) in [7, 11) is -3.83. The summed E-state index contributed by atoms with van der Waals surface area (Å²) in [5.74, 6) is 0.629. The SMILES string of the molecule is CCc1ccccc1NS(=O)(=O)c1c(C)[nH]c(C)c1-c1nc(C)no1. The summed E-state index contributed by atoms with van der Waals surface area (Å²) in [4.78, 5) is 7.36. The molecule has 0 bridgehead atoms. The highest BCUT2D eigenvalue weighted by Gasteiger charge is 2.29. The van der Waals surface area contributed by atoms with Crippen molar-refractivity contribution in [2.24, 2.45) is 0 Å². The van der Waals surface area contributed by atoms with Gasteiger partial charge in [-0.2, -0.15) is 4.98 Å². The third kappa shape index (κ3) is 3.17. The van der Waals surface area contributed by atoms with Crippen molar-refractivity contribution in [3.63, 3.8) is 0 Å². The maximum absolute atomic E-state index is 13.1. The minimum Gasteiger partial charge on any atom is -0.361 e. The fourth-order valence-corrected chi connectivity index (χ4v) is 4.43. The molecular formula is C17H20N4O3S. The van der Waals surface area contributed by atoms with Gasteiger partial charge < -0.3 is 9.51 Å². The Kier molecular flexibility index (Phi) is 4.38. The van der Waals surface area contributed by atoms with Crippen LogP contribution in [0.3, 0.4) is 0 Å². The highest BCUT2D eigenvalue weighted by Crippen LogP contribution is 2.33. The van der Waals surface area contributed by atoms with Crippen molar-refractivity contribution in [3.05, 3.63) is 47.0 Å². The van der Waals surface area contributed by atoms with Gasteiger partial charge in [-0.1, -0.05) is 30.3 Å². The molecular weight excluding hydrogens is 340 g/mol. The molecule has 0 fully saturated rings. The number of nitrogens with zero attached hydrogens (tertiary/aromatic N) is 2. The molecule has 8 heteroatoms. The number of H-pyrrole nitrogens is 1. The van der Waals surface area contributed by atoms with Crippen LogP contribution in [0.15, 0.2) is 33.7 Å². The lowest BCUT2D eigenvalue weighted by molar-refractivity contribution is 0.424. The Morgan fingerprint density at radius 2 is 1.88 bits per heavy atom. The molecule has 1 aromatic carbocycles. The molecule has 0 unspecified atom stereocenters. The third-order valence-electron chi connectivity index (χ3n) is 3.97. The first-order valence-electron chi connectivity index (χ1n) is 7.94. The molecule has 0 radical (unpaired) electrons. The van der Waals surface area contributed by atoms with Crippen LogP contribution in [0.2, 0.25) is 0 Å². The highest BCUT2D eigenvalue weighted by atomic mass is 32.2. The Hall–Kier alpha value is -2.61. The number of nitrogens with one attached hydrogen (secondary N) is 2. The summed E-state index contributed by atoms with van der Waals surface area (Å²) >= 11 is 0. The van der Waals surface area contributed by atoms with Crippen molar-refractivity contribution < 1.29 is 12.9 Å². The van der Waals surface area contributed by atoms with E-state index in [0.717, 1.165) is 12.0 Å². The monoisotopic (exact) mass is 360 g/mol. The second-order valence-corrected chi connectivity index (χ2v) is 7.46. The Labute approximate surface area is 146 Å². The van der Waals surface area contributed by atoms with E-state index >= 15 is 0 Å². The first-order chi connectivity index (χ1) is 11.8. The van der Waals surface area contributed by atoms with Gasteiger partial charge in [-0.15, -0.1) is 0 Å². The smallest absolute Gasteiger partial charge is 0.264 e. The van der Waals surface area contributed by atoms with E-state index in [-0.39, 0.29) is 10.8 Å². The predicted octanol–water partition coefficient (Wildman–Crippen LogP) is 3.35. The van der Waals surface area contributed by atoms with Crippen molar-refractivity contribution >= 4 is 15.7 Å². The van der Waals surface area contributed by atoms with E-state index in [0.29, 0.717) is 28.5 Å². The molecule has 25 heavy (non-hydrogen) atoms. The number of anilines is 1. The molecule has 132 valence electrons. The molecule has 0 aliphatic rings. The van der Waals surface area contributed by atoms with Gasteiger partial charge in [0, 0.05) is 11.4 Å². The molecule has 3 aromatic rings. The number of sulfonamides is 1. The number of hydrogen-bond donors (Lipinski definition) is 2. The van der Waals surface area contributed by atoms with Crippen molar-refractivity contribution in [2.75, 3.05) is 4.72 Å². The third-order valence-corrected chi connectivity index (χ3v) is 5.51. The van der Waals surface area contributed by atoms with Gasteiger partial charge in [0.1, 0.15) is 4.90 Å². The molecule has 0 spiro atoms. The van der Waals surface area contributed by atoms with Crippen LogP contribution in [0.4, 0.5) is 5.69 Å². The fraction of sp³-hybridized carbons (Fsp3) is 0.294. The number of hydrogen-bond acceptors (Lipinski definition) is 5. The molecule has 2 heterocycles. The standard InChI is InChI=1S/C17H20N4O3S/c1-5-13-8-6-7-9-14(13)21-25(22,23)16-11(3)18-10(2)15(16)17-19-12(4)20-24-17/h6-9,18,21H,5H2,1-4H3. The van der Waals surface area contributed by atoms with Gasteiger partial charge >= 0.3 is 0 Å². The number of aryl methyl sites for hydroxylation is 4. The number of aromatic nitrogens is 3. The number of rotatable bonds is 5. The Balaban J connectivity index is 2.12. The second-order valence-electron chi connectivity index (χ2n) is 5.84. The van der Waals surface area contributed by atoms with Crippen LogP contribution >= 0.6 is 0 Å². The van der Waals surface area contributed by atoms with Crippen LogP contribution in [-0.2, 0) is 16.4 Å². The molecule has 0 atom stereocenters. The Bertz CT molecular complexity index is 1020. The maximum atomic E-state index is 13.1. The van der Waals surface area contributed by atoms with Gasteiger partial charge in [0.25, 0.3) is 15.9 Å². The summed E-state index contributed by atoms with van der Waals surface area (Å²) in [6.45, 7) is 7.15. The van der Waals surface area contributed by atoms with Crippen molar-refractivity contribution in [1.82, 2.24) is 15.1 Å². The van der Waals surface area contributed by atoms with Crippen LogP contribution in [0.1, 0.15) is 29.7 Å². The molecule has 0 saturated carbocycles. The summed E-state index contributed by atoms with van der Waals surface area (Å²) in [5, 5.41) is 3.76. The van der Waals surface area contributed by atoms with E-state index in [4.69, 9.17) is 4.52 Å². The van der Waals surface area contributed by atoms with Crippen molar-refractivity contribution in [2.45, 2.75) is 39.0 Å². The molecule has 0 amide bonds. The van der Waals surface area contributed by atoms with Gasteiger partial charge in [-0.3, -0.25) is 4.72 Å². The van der Waals surface area contributed by atoms with Crippen LogP contribution < -0.4 is 4.72 Å². The minimum atomic E-state index is -3.83. The van der Waals surface area contributed by atoms with Crippen molar-refractivity contribution in [1.29, 1.82) is 0 Å². The molecule has 2 aromatic heterocycles. The number of para-hydroxylation sites is 1. The van der Waals surface area contributed by atoms with E-state index in [9.17, 15) is 8.42 Å². The quantitative estimate of drug-likeness (QED) is 0.726. The molecule has 0 aliphatic carbocycles. The van der Waals surface area contributed by atoms with Gasteiger partial charge in [-0.05, 0) is 38.8 Å². The maximum Gasteiger partial charge on any atom is 0.264 e. The normalized spacial score (nSPS) is 11.7. The van der Waals surface area contributed by atoms with Gasteiger partial charge in [0.05, 0.1) is 11.3 Å². The zero-order valence-electron chi connectivity index (χ0n) is 14.5. The average Bonchev–Trinajstić information content (AvgIpc) is 3.10. The van der Waals surface area contributed by atoms with Crippen LogP contribution in [0, 0.1) is 20.8 Å². The lowest BCUT2D eigenvalue weighted by Gasteiger charge is -2.12. The summed E-state index contributed by atoms with van der Waals surface area (Å²) < 4.78 is 34.1. The molecule has 3 rings (SSSR count). The van der Waals surface area contributed by atoms with Crippen LogP contribution in [0.5, 0.6) is 0 Å². The van der Waals surface area contributed by atoms with E-state index in [2.05, 4.69) is 19.8 Å². The summed E-state index contributed by atoms with van der Waals surface area (Å²) in [5.41, 5.74) is 3.07. The van der Waals surface area contributed by atoms with Gasteiger partial charge in [0.15, 0.2) is 5.82 Å². The van der Waals surface area contributed by atoms with E-state index in [1.54, 1.807) is 32.9 Å². The van der Waals surface area contributed by atoms with Crippen molar-refractivity contribution in [3.8, 4) is 11.5 Å². The first-order valence-corrected chi connectivity index (χ1v) is 9.42. The van der Waals surface area contributed by atoms with Gasteiger partial charge in [-0.25, -0.2) is 8.42 Å². The largest absolute Gasteiger partial charge is 0.361 e. The highest BCUT2D eigenvalue weighted by molar-refractivity contribution is 7.93. The fourth-order valence-electron chi connectivity index (χ4n) is 2.87. The van der Waals surface area contributed by atoms with Crippen LogP contribution in [0.25, 0.3) is 11.5 Å². The molecule has 0 saturated heterocycles. The second kappa shape index (κ2) is 6.36. The topological polar surface area (TPSA) is 101 Å². The zero-order valence-corrected chi connectivity index (χ0v) is 15.4. The lowest BCUT2D eigenvalue weighted by atomic mass is 10.1. The lowest BCUT2D eigenvalue weighted by Crippen LogP contribution is -2.15. The number of benzene rings is 1. The molecule has 7 nitrogen and oxygen atoms in total. The minimum absolute atomic E-state index is 0.125. The van der Waals surface area contributed by atoms with Crippen LogP contribution in [-0.4, -0.2) is 23.5 Å². The van der Waals surface area contributed by atoms with E-state index in [1.807, 2.05) is 19.1 Å². The number of aromatic amines is 1.